The summed E-state index contributed by atoms with van der Waals surface area (Å²) in [5, 5.41) is 4.46. The molecule has 0 saturated heterocycles. The summed E-state index contributed by atoms with van der Waals surface area (Å²) >= 11 is 1.81. The van der Waals surface area contributed by atoms with E-state index in [0.717, 1.165) is 134 Å². The van der Waals surface area contributed by atoms with Gasteiger partial charge < -0.3 is 18.8 Å². The van der Waals surface area contributed by atoms with Crippen molar-refractivity contribution in [2.45, 2.75) is 131 Å². The molecule has 0 bridgehead atoms. The van der Waals surface area contributed by atoms with Gasteiger partial charge in [-0.05, 0) is 183 Å². The maximum atomic E-state index is 9.94. The normalized spacial score (nSPS) is 14.4. The number of thiophene rings is 1. The molecule has 0 unspecified atom stereocenters. The van der Waals surface area contributed by atoms with Crippen molar-refractivity contribution in [2.24, 2.45) is 0 Å². The highest BCUT2D eigenvalue weighted by Gasteiger charge is 2.46. The van der Waals surface area contributed by atoms with Crippen LogP contribution in [0.15, 0.2) is 289 Å². The Morgan fingerprint density at radius 1 is 0.309 bits per heavy atom. The minimum absolute atomic E-state index is 0.00828. The largest absolute Gasteiger partial charge is 0.453 e. The van der Waals surface area contributed by atoms with Crippen LogP contribution in [0.25, 0.3) is 125 Å². The fraction of sp³-hybridized carbons (Fsp3) is 0.192. The molecule has 2 aliphatic rings. The number of benzene rings is 14. The van der Waals surface area contributed by atoms with Crippen molar-refractivity contribution in [3.63, 3.8) is 0 Å². The number of hydrogen-bond donors (Lipinski definition) is 0. The van der Waals surface area contributed by atoms with Gasteiger partial charge in [-0.15, -0.1) is 11.3 Å². The number of para-hydroxylation sites is 4. The lowest BCUT2D eigenvalue weighted by Gasteiger charge is -2.45. The Labute approximate surface area is 663 Å². The zero-order chi connectivity index (χ0) is 82.8. The van der Waals surface area contributed by atoms with Gasteiger partial charge in [-0.1, -0.05) is 316 Å². The zero-order valence-electron chi connectivity index (χ0n) is 73.3. The van der Waals surface area contributed by atoms with Crippen LogP contribution in [0.3, 0.4) is 0 Å². The highest BCUT2D eigenvalue weighted by Crippen LogP contribution is 2.55. The second-order valence-electron chi connectivity index (χ2n) is 35.6. The predicted molar refractivity (Wildman–Crippen MR) is 476 cm³/mol. The molecule has 0 atom stereocenters. The van der Waals surface area contributed by atoms with Crippen LogP contribution >= 0.6 is 11.3 Å². The molecule has 0 radical (unpaired) electrons. The SMILES string of the molecule is [2H]c1c([2H])c([2H])c2c(c1[2H])c1c([2H])c([2H])c([2H])c([2H])c1n2-c1ccc2c(c1)N(c1c(-c3ccccc3)cc(C(C)(C)C)cc1-c1ccccc1)c1cc(-c3cc(C(C)(C)C)cc(C(C)(C)C)c3)cc3c1B2c1ccc(-c2cc(C(C)(C)C)cc(C(C)(C)C)c2)cc1N3c1cccc2c1oc1c(-c3ccc4c(c3)sc3ccccc34)cccc12. The van der Waals surface area contributed by atoms with Crippen molar-refractivity contribution in [2.75, 3.05) is 9.80 Å². The first-order valence-electron chi connectivity index (χ1n) is 42.6. The molecule has 4 nitrogen and oxygen atoms in total. The second kappa shape index (κ2) is 25.1. The quantitative estimate of drug-likeness (QED) is 0.142. The van der Waals surface area contributed by atoms with Gasteiger partial charge in [-0.25, -0.2) is 0 Å². The number of aromatic nitrogens is 1. The second-order valence-corrected chi connectivity index (χ2v) is 36.7. The molecule has 0 aliphatic carbocycles. The molecule has 0 N–H and O–H groups in total. The first kappa shape index (κ1) is 60.5. The van der Waals surface area contributed by atoms with Gasteiger partial charge in [0.15, 0.2) is 5.58 Å². The zero-order valence-corrected chi connectivity index (χ0v) is 66.1. The number of anilines is 6. The van der Waals surface area contributed by atoms with Crippen LogP contribution in [0, 0.1) is 0 Å². The van der Waals surface area contributed by atoms with Gasteiger partial charge in [0.2, 0.25) is 0 Å². The smallest absolute Gasteiger partial charge is 0.252 e. The van der Waals surface area contributed by atoms with Crippen molar-refractivity contribution < 1.29 is 15.4 Å². The third kappa shape index (κ3) is 11.4. The fourth-order valence-corrected chi connectivity index (χ4v) is 18.2. The Kier molecular flexibility index (Phi) is 13.8. The van der Waals surface area contributed by atoms with Crippen molar-refractivity contribution in [3.05, 3.63) is 313 Å². The van der Waals surface area contributed by atoms with E-state index in [-0.39, 0.29) is 61.0 Å². The molecular formula is C104H92BN3OS. The van der Waals surface area contributed by atoms with Gasteiger partial charge in [-0.3, -0.25) is 0 Å². The Balaban J connectivity index is 1.00. The lowest BCUT2D eigenvalue weighted by atomic mass is 9.33. The molecule has 17 aromatic rings. The van der Waals surface area contributed by atoms with E-state index in [1.54, 1.807) is 4.57 Å². The van der Waals surface area contributed by atoms with Crippen molar-refractivity contribution in [1.82, 2.24) is 4.57 Å². The molecule has 0 fully saturated rings. The van der Waals surface area contributed by atoms with E-state index in [9.17, 15) is 8.22 Å². The lowest BCUT2D eigenvalue weighted by Crippen LogP contribution is -2.61. The van der Waals surface area contributed by atoms with Crippen molar-refractivity contribution >= 4 is 132 Å². The van der Waals surface area contributed by atoms with Crippen LogP contribution in [-0.4, -0.2) is 11.3 Å². The molecular weight excluding hydrogens is 1350 g/mol. The Hall–Kier alpha value is -11.4. The van der Waals surface area contributed by atoms with Crippen LogP contribution in [0.4, 0.5) is 34.1 Å². The monoisotopic (exact) mass is 1450 g/mol. The van der Waals surface area contributed by atoms with E-state index in [2.05, 4.69) is 344 Å². The van der Waals surface area contributed by atoms with Crippen LogP contribution < -0.4 is 26.2 Å². The molecule has 538 valence electrons. The Morgan fingerprint density at radius 2 is 0.764 bits per heavy atom. The predicted octanol–water partition coefficient (Wildman–Crippen LogP) is 28.0. The molecule has 0 amide bonds. The van der Waals surface area contributed by atoms with E-state index >= 15 is 0 Å². The van der Waals surface area contributed by atoms with Gasteiger partial charge in [-0.2, -0.15) is 0 Å². The van der Waals surface area contributed by atoms with E-state index < -0.39 is 43.0 Å². The van der Waals surface area contributed by atoms with Crippen molar-refractivity contribution in [3.8, 4) is 61.3 Å². The van der Waals surface area contributed by atoms with Gasteiger partial charge in [0, 0.05) is 86.8 Å². The Bertz CT molecular complexity index is 6940. The van der Waals surface area contributed by atoms with E-state index in [1.165, 1.54) is 42.4 Å². The molecule has 0 spiro atoms. The molecule has 6 heteroatoms. The number of nitrogens with zero attached hydrogens (tertiary/aromatic N) is 3. The standard InChI is InChI=1S/C104H92BN3OS/c1-100(2,3)70-50-67(51-71(58-70)101(4,5)6)65-45-48-85-90(54-65)107(89-42-29-39-82-81-38-28-37-76(98(81)109-99(82)89)66-44-47-80-79-36-24-27-43-94(79)110-95(80)57-66)92-55-69(68-52-72(102(7,8)9)59-73(53-68)103(10,11)12)56-93-96(92)105(85)86-49-46-75(106-87-40-25-22-34-77(87)78-35-23-26-41-88(78)106)62-91(86)108(93)97-83(63-30-18-16-19-31-63)60-74(104(13,14)15)61-84(97)64-32-20-17-21-33-64/h16-62H,1-15H3/i22D,23D,25D,26D,34D,35D,40D,41D. The topological polar surface area (TPSA) is 24.6 Å². The molecule has 14 aromatic carbocycles. The summed E-state index contributed by atoms with van der Waals surface area (Å²) < 4.78 is 88.1. The first-order valence-corrected chi connectivity index (χ1v) is 39.4. The molecule has 110 heavy (non-hydrogen) atoms. The van der Waals surface area contributed by atoms with Crippen molar-refractivity contribution in [1.29, 1.82) is 0 Å². The minimum atomic E-state index is -0.524. The number of fused-ring (bicyclic) bond motifs is 13. The van der Waals surface area contributed by atoms with Crippen LogP contribution in [-0.2, 0) is 27.1 Å². The van der Waals surface area contributed by atoms with Crippen LogP contribution in [0.2, 0.25) is 0 Å². The average Bonchev–Trinajstić information content (AvgIpc) is 0.979. The summed E-state index contributed by atoms with van der Waals surface area (Å²) in [5.41, 5.74) is 25.0. The third-order valence-corrected chi connectivity index (χ3v) is 24.3. The van der Waals surface area contributed by atoms with Crippen LogP contribution in [0.5, 0.6) is 0 Å². The molecule has 2 aliphatic heterocycles. The summed E-state index contributed by atoms with van der Waals surface area (Å²) in [5.74, 6) is 0. The summed E-state index contributed by atoms with van der Waals surface area (Å²) in [7, 11) is 0. The van der Waals surface area contributed by atoms with E-state index in [1.807, 2.05) is 17.4 Å². The third-order valence-electron chi connectivity index (χ3n) is 23.1. The summed E-state index contributed by atoms with van der Waals surface area (Å²) in [4.78, 5) is 4.98. The van der Waals surface area contributed by atoms with Gasteiger partial charge >= 0.3 is 0 Å². The van der Waals surface area contributed by atoms with Gasteiger partial charge in [0.05, 0.1) is 33.4 Å². The Morgan fingerprint density at radius 3 is 1.35 bits per heavy atom. The van der Waals surface area contributed by atoms with Crippen LogP contribution in [0.1, 0.15) is 143 Å². The number of hydrogen-bond acceptors (Lipinski definition) is 4. The average molecular weight is 1450 g/mol. The molecule has 19 rings (SSSR count). The summed E-state index contributed by atoms with van der Waals surface area (Å²) in [6, 6.07) is 83.7. The maximum Gasteiger partial charge on any atom is 0.252 e. The molecule has 3 aromatic heterocycles. The molecule has 5 heterocycles. The summed E-state index contributed by atoms with van der Waals surface area (Å²) in [6.07, 6.45) is 0. The van der Waals surface area contributed by atoms with Gasteiger partial charge in [0.25, 0.3) is 6.71 Å². The van der Waals surface area contributed by atoms with E-state index in [4.69, 9.17) is 7.16 Å². The number of furan rings is 1. The van der Waals surface area contributed by atoms with E-state index in [0.29, 0.717) is 5.69 Å². The minimum Gasteiger partial charge on any atom is -0.453 e. The molecule has 0 saturated carbocycles. The lowest BCUT2D eigenvalue weighted by molar-refractivity contribution is 0.568. The fourth-order valence-electron chi connectivity index (χ4n) is 17.0. The highest BCUT2D eigenvalue weighted by molar-refractivity contribution is 7.25. The highest BCUT2D eigenvalue weighted by atomic mass is 32.1. The summed E-state index contributed by atoms with van der Waals surface area (Å²) in [6.45, 7) is 33.8. The number of rotatable bonds is 8. The maximum absolute atomic E-state index is 9.94. The first-order chi connectivity index (χ1) is 56.0. The van der Waals surface area contributed by atoms with Gasteiger partial charge in [0.1, 0.15) is 5.58 Å².